The molecule has 0 saturated heterocycles. The van der Waals surface area contributed by atoms with E-state index in [9.17, 15) is 15.3 Å². The number of fused-ring (bicyclic) bond motifs is 5. The Morgan fingerprint density at radius 1 is 1.17 bits per heavy atom. The van der Waals surface area contributed by atoms with E-state index >= 15 is 0 Å². The second kappa shape index (κ2) is 7.35. The summed E-state index contributed by atoms with van der Waals surface area (Å²) in [6, 6.07) is 0. The highest BCUT2D eigenvalue weighted by molar-refractivity contribution is 5.26. The smallest absolute Gasteiger partial charge is 0.0591 e. The van der Waals surface area contributed by atoms with Crippen LogP contribution in [0.2, 0.25) is 0 Å². The number of aliphatic hydroxyl groups excluding tert-OH is 2. The van der Waals surface area contributed by atoms with Crippen LogP contribution in [0.4, 0.5) is 0 Å². The molecule has 3 N–H and O–H groups in total. The van der Waals surface area contributed by atoms with Crippen molar-refractivity contribution in [2.45, 2.75) is 110 Å². The van der Waals surface area contributed by atoms with Gasteiger partial charge in [0.1, 0.15) is 0 Å². The van der Waals surface area contributed by atoms with Crippen LogP contribution in [-0.4, -0.2) is 33.1 Å². The minimum Gasteiger partial charge on any atom is -0.393 e. The van der Waals surface area contributed by atoms with Gasteiger partial charge in [-0.05, 0) is 112 Å². The lowest BCUT2D eigenvalue weighted by Gasteiger charge is -2.60. The molecular weight excluding hydrogens is 360 g/mol. The molecule has 0 aromatic heterocycles. The van der Waals surface area contributed by atoms with E-state index < -0.39 is 5.60 Å². The predicted molar refractivity (Wildman–Crippen MR) is 117 cm³/mol. The Kier molecular flexibility index (Phi) is 5.53. The Labute approximate surface area is 178 Å². The van der Waals surface area contributed by atoms with E-state index in [1.807, 2.05) is 13.8 Å². The molecule has 0 aliphatic heterocycles. The van der Waals surface area contributed by atoms with E-state index in [-0.39, 0.29) is 23.0 Å². The van der Waals surface area contributed by atoms with Gasteiger partial charge in [0.25, 0.3) is 0 Å². The first-order valence-electron chi connectivity index (χ1n) is 12.2. The Hall–Kier alpha value is -0.380. The minimum absolute atomic E-state index is 0.0769. The minimum atomic E-state index is -0.588. The summed E-state index contributed by atoms with van der Waals surface area (Å²) in [4.78, 5) is 0. The first-order valence-corrected chi connectivity index (χ1v) is 12.2. The number of aliphatic hydroxyl groups is 3. The van der Waals surface area contributed by atoms with Crippen molar-refractivity contribution in [1.29, 1.82) is 0 Å². The molecule has 9 atom stereocenters. The van der Waals surface area contributed by atoms with E-state index in [2.05, 4.69) is 26.8 Å². The van der Waals surface area contributed by atoms with E-state index in [4.69, 9.17) is 0 Å². The lowest BCUT2D eigenvalue weighted by atomic mass is 9.46. The molecule has 0 amide bonds. The first-order chi connectivity index (χ1) is 13.5. The number of hydrogen-bond donors (Lipinski definition) is 3. The van der Waals surface area contributed by atoms with Crippen molar-refractivity contribution in [3.63, 3.8) is 0 Å². The third-order valence-electron chi connectivity index (χ3n) is 9.98. The van der Waals surface area contributed by atoms with E-state index in [0.29, 0.717) is 29.6 Å². The zero-order valence-electron chi connectivity index (χ0n) is 19.3. The van der Waals surface area contributed by atoms with Crippen molar-refractivity contribution >= 4 is 0 Å². The average molecular weight is 405 g/mol. The van der Waals surface area contributed by atoms with Crippen molar-refractivity contribution < 1.29 is 15.3 Å². The predicted octanol–water partition coefficient (Wildman–Crippen LogP) is 5.08. The quantitative estimate of drug-likeness (QED) is 0.572. The molecule has 0 spiro atoms. The van der Waals surface area contributed by atoms with Gasteiger partial charge >= 0.3 is 0 Å². The standard InChI is InChI=1S/C26H44O3/c1-16(10-12-24(2,3)29)20-8-9-21-19-7-6-17-14-18(27)11-13-25(17,4)23(19)22(28)15-26(20,21)5/h6,16,18-23,27-29H,7-15H2,1-5H3/t16-,18+,19+,20-,21+,22?,23-,25+,26-/m1/s1. The highest BCUT2D eigenvalue weighted by atomic mass is 16.3. The van der Waals surface area contributed by atoms with Crippen molar-refractivity contribution in [1.82, 2.24) is 0 Å². The summed E-state index contributed by atoms with van der Waals surface area (Å²) < 4.78 is 0. The molecule has 0 aromatic carbocycles. The molecule has 4 aliphatic carbocycles. The van der Waals surface area contributed by atoms with Gasteiger partial charge < -0.3 is 15.3 Å². The Balaban J connectivity index is 1.57. The van der Waals surface area contributed by atoms with Crippen molar-refractivity contribution in [3.8, 4) is 0 Å². The van der Waals surface area contributed by atoms with Gasteiger partial charge in [-0.3, -0.25) is 0 Å². The average Bonchev–Trinajstić information content (AvgIpc) is 2.96. The van der Waals surface area contributed by atoms with Gasteiger partial charge in [0.2, 0.25) is 0 Å². The molecule has 3 nitrogen and oxygen atoms in total. The highest BCUT2D eigenvalue weighted by Crippen LogP contribution is 2.67. The molecule has 29 heavy (non-hydrogen) atoms. The molecule has 0 heterocycles. The zero-order valence-corrected chi connectivity index (χ0v) is 19.3. The second-order valence-electron chi connectivity index (χ2n) is 12.4. The summed E-state index contributed by atoms with van der Waals surface area (Å²) in [5.41, 5.74) is 1.13. The molecule has 3 fully saturated rings. The monoisotopic (exact) mass is 404 g/mol. The molecule has 0 radical (unpaired) electrons. The van der Waals surface area contributed by atoms with Crippen molar-refractivity contribution in [2.24, 2.45) is 40.4 Å². The fraction of sp³-hybridized carbons (Fsp3) is 0.923. The molecular formula is C26H44O3. The zero-order chi connectivity index (χ0) is 21.2. The summed E-state index contributed by atoms with van der Waals surface area (Å²) >= 11 is 0. The maximum atomic E-state index is 11.5. The van der Waals surface area contributed by atoms with Crippen LogP contribution in [-0.2, 0) is 0 Å². The third kappa shape index (κ3) is 3.64. The summed E-state index contributed by atoms with van der Waals surface area (Å²) in [7, 11) is 0. The summed E-state index contributed by atoms with van der Waals surface area (Å²) in [6.07, 6.45) is 11.3. The van der Waals surface area contributed by atoms with Crippen LogP contribution in [0.3, 0.4) is 0 Å². The number of rotatable bonds is 4. The number of allylic oxidation sites excluding steroid dienone is 1. The molecule has 4 rings (SSSR count). The van der Waals surface area contributed by atoms with Gasteiger partial charge in [-0.25, -0.2) is 0 Å². The summed E-state index contributed by atoms with van der Waals surface area (Å²) in [6.45, 7) is 11.1. The van der Waals surface area contributed by atoms with Crippen molar-refractivity contribution in [2.75, 3.05) is 0 Å². The fourth-order valence-electron chi connectivity index (χ4n) is 8.53. The van der Waals surface area contributed by atoms with Crippen LogP contribution in [0.5, 0.6) is 0 Å². The van der Waals surface area contributed by atoms with Crippen LogP contribution in [0.1, 0.15) is 92.4 Å². The molecule has 3 saturated carbocycles. The van der Waals surface area contributed by atoms with E-state index in [1.54, 1.807) is 0 Å². The van der Waals surface area contributed by atoms with Crippen molar-refractivity contribution in [3.05, 3.63) is 11.6 Å². The van der Waals surface area contributed by atoms with Gasteiger partial charge in [0.15, 0.2) is 0 Å². The van der Waals surface area contributed by atoms with Gasteiger partial charge in [-0.1, -0.05) is 32.4 Å². The molecule has 1 unspecified atom stereocenters. The van der Waals surface area contributed by atoms with Gasteiger partial charge in [-0.15, -0.1) is 0 Å². The first kappa shape index (κ1) is 21.8. The Bertz CT molecular complexity index is 649. The Morgan fingerprint density at radius 3 is 2.59 bits per heavy atom. The summed E-state index contributed by atoms with van der Waals surface area (Å²) in [5.74, 6) is 2.89. The SMILES string of the molecule is C[C@H](CCC(C)(C)O)[C@H]1CC[C@H]2[C@@H]3CC=C4C[C@@H](O)CC[C@]4(C)[C@H]3C(O)C[C@]12C. The number of hydrogen-bond acceptors (Lipinski definition) is 3. The maximum Gasteiger partial charge on any atom is 0.0591 e. The Morgan fingerprint density at radius 2 is 1.90 bits per heavy atom. The lowest BCUT2D eigenvalue weighted by Crippen LogP contribution is -2.56. The third-order valence-corrected chi connectivity index (χ3v) is 9.98. The molecule has 0 bridgehead atoms. The molecule has 166 valence electrons. The fourth-order valence-corrected chi connectivity index (χ4v) is 8.53. The van der Waals surface area contributed by atoms with Gasteiger partial charge in [0.05, 0.1) is 17.8 Å². The largest absolute Gasteiger partial charge is 0.393 e. The van der Waals surface area contributed by atoms with Crippen LogP contribution >= 0.6 is 0 Å². The van der Waals surface area contributed by atoms with Gasteiger partial charge in [-0.2, -0.15) is 0 Å². The topological polar surface area (TPSA) is 60.7 Å². The highest BCUT2D eigenvalue weighted by Gasteiger charge is 2.62. The molecule has 0 aromatic rings. The van der Waals surface area contributed by atoms with E-state index in [0.717, 1.165) is 44.9 Å². The summed E-state index contributed by atoms with van der Waals surface area (Å²) in [5, 5.41) is 31.9. The van der Waals surface area contributed by atoms with Crippen LogP contribution in [0, 0.1) is 40.4 Å². The normalized spacial score (nSPS) is 48.3. The van der Waals surface area contributed by atoms with E-state index in [1.165, 1.54) is 18.4 Å². The van der Waals surface area contributed by atoms with Crippen LogP contribution in [0.15, 0.2) is 11.6 Å². The molecule has 3 heteroatoms. The lowest BCUT2D eigenvalue weighted by molar-refractivity contribution is -0.130. The molecule has 4 aliphatic rings. The van der Waals surface area contributed by atoms with Crippen LogP contribution < -0.4 is 0 Å². The second-order valence-corrected chi connectivity index (χ2v) is 12.4. The maximum absolute atomic E-state index is 11.5. The van der Waals surface area contributed by atoms with Gasteiger partial charge in [0, 0.05) is 0 Å². The van der Waals surface area contributed by atoms with Crippen LogP contribution in [0.25, 0.3) is 0 Å².